The summed E-state index contributed by atoms with van der Waals surface area (Å²) in [7, 11) is 0. The first-order valence-corrected chi connectivity index (χ1v) is 9.00. The molecule has 6 nitrogen and oxygen atoms in total. The first-order chi connectivity index (χ1) is 12.3. The molecule has 0 aliphatic carbocycles. The van der Waals surface area contributed by atoms with Crippen molar-refractivity contribution < 1.29 is 30.3 Å². The fourth-order valence-corrected chi connectivity index (χ4v) is 2.13. The monoisotopic (exact) mass is 368 g/mol. The van der Waals surface area contributed by atoms with Gasteiger partial charge in [-0.1, -0.05) is 68.7 Å². The second-order valence-electron chi connectivity index (χ2n) is 6.19. The average molecular weight is 368 g/mol. The van der Waals surface area contributed by atoms with Gasteiger partial charge in [0, 0.05) is 12.8 Å². The smallest absolute Gasteiger partial charge is 0.303 e. The molecule has 0 aromatic heterocycles. The minimum Gasteiger partial charge on any atom is -0.481 e. The van der Waals surface area contributed by atoms with Crippen LogP contribution in [-0.4, -0.2) is 49.5 Å². The number of carbonyl (C=O) groups is 1. The minimum atomic E-state index is -2.03. The molecule has 0 saturated carbocycles. The summed E-state index contributed by atoms with van der Waals surface area (Å²) in [6.45, 7) is 2.08. The molecule has 0 heterocycles. The molecule has 0 unspecified atom stereocenters. The van der Waals surface area contributed by atoms with Crippen LogP contribution in [0.3, 0.4) is 0 Å². The van der Waals surface area contributed by atoms with Crippen LogP contribution in [0.1, 0.15) is 51.9 Å². The number of aliphatic carboxylic acids is 1. The van der Waals surface area contributed by atoms with E-state index in [1.807, 2.05) is 0 Å². The molecule has 148 valence electrons. The standard InChI is InChI=1S/C20H32O6/c1-2-3-8-12-17(21)18(22)13-9-6-4-5-7-10-15-20(25,26)16-11-14-19(23)24/h4-7,9-10,13,15,17-18,21-22,25-26H,2-3,8,11-12,14,16H2,1H3,(H,23,24)/t17-,18+/m1/s1. The molecule has 0 amide bonds. The summed E-state index contributed by atoms with van der Waals surface area (Å²) in [5.41, 5.74) is 0. The maximum absolute atomic E-state index is 10.4. The Morgan fingerprint density at radius 3 is 2.19 bits per heavy atom. The van der Waals surface area contributed by atoms with Crippen molar-refractivity contribution in [1.82, 2.24) is 0 Å². The predicted octanol–water partition coefficient (Wildman–Crippen LogP) is 2.45. The zero-order valence-corrected chi connectivity index (χ0v) is 15.4. The van der Waals surface area contributed by atoms with Gasteiger partial charge < -0.3 is 25.5 Å². The molecule has 5 N–H and O–H groups in total. The second-order valence-corrected chi connectivity index (χ2v) is 6.19. The van der Waals surface area contributed by atoms with Crippen LogP contribution >= 0.6 is 0 Å². The van der Waals surface area contributed by atoms with Crippen molar-refractivity contribution in [1.29, 1.82) is 0 Å². The lowest BCUT2D eigenvalue weighted by atomic mass is 10.1. The van der Waals surface area contributed by atoms with E-state index in [2.05, 4.69) is 6.92 Å². The SMILES string of the molecule is CCCCC[C@@H](O)[C@@H](O)C=CC=CC=CC=CC(O)(O)CCCC(=O)O. The summed E-state index contributed by atoms with van der Waals surface area (Å²) in [4.78, 5) is 10.4. The van der Waals surface area contributed by atoms with Crippen molar-refractivity contribution in [2.24, 2.45) is 0 Å². The van der Waals surface area contributed by atoms with Gasteiger partial charge in [0.1, 0.15) is 0 Å². The summed E-state index contributed by atoms with van der Waals surface area (Å²) in [5.74, 6) is -3.00. The number of rotatable bonds is 14. The van der Waals surface area contributed by atoms with E-state index in [1.54, 1.807) is 30.4 Å². The van der Waals surface area contributed by atoms with Crippen LogP contribution in [-0.2, 0) is 4.79 Å². The van der Waals surface area contributed by atoms with Gasteiger partial charge in [0.15, 0.2) is 5.79 Å². The highest BCUT2D eigenvalue weighted by atomic mass is 16.5. The van der Waals surface area contributed by atoms with Gasteiger partial charge in [-0.15, -0.1) is 0 Å². The third-order valence-corrected chi connectivity index (χ3v) is 3.66. The number of allylic oxidation sites excluding steroid dienone is 6. The first-order valence-electron chi connectivity index (χ1n) is 9.00. The molecule has 0 spiro atoms. The molecule has 0 radical (unpaired) electrons. The molecule has 6 heteroatoms. The van der Waals surface area contributed by atoms with Crippen LogP contribution in [0.25, 0.3) is 0 Å². The maximum Gasteiger partial charge on any atom is 0.303 e. The van der Waals surface area contributed by atoms with Gasteiger partial charge >= 0.3 is 5.97 Å². The van der Waals surface area contributed by atoms with Gasteiger partial charge in [0.05, 0.1) is 12.2 Å². The van der Waals surface area contributed by atoms with Crippen molar-refractivity contribution in [3.05, 3.63) is 48.6 Å². The molecule has 0 rings (SSSR count). The Labute approximate surface area is 155 Å². The molecule has 0 fully saturated rings. The van der Waals surface area contributed by atoms with E-state index in [0.717, 1.165) is 19.3 Å². The van der Waals surface area contributed by atoms with Gasteiger partial charge in [-0.25, -0.2) is 0 Å². The average Bonchev–Trinajstić information content (AvgIpc) is 2.56. The zero-order valence-electron chi connectivity index (χ0n) is 15.4. The number of aliphatic hydroxyl groups is 4. The molecule has 0 aliphatic rings. The Morgan fingerprint density at radius 2 is 1.58 bits per heavy atom. The quantitative estimate of drug-likeness (QED) is 0.183. The van der Waals surface area contributed by atoms with E-state index in [1.165, 1.54) is 18.2 Å². The van der Waals surface area contributed by atoms with E-state index in [-0.39, 0.29) is 19.3 Å². The number of hydrogen-bond acceptors (Lipinski definition) is 5. The number of carboxylic acids is 1. The summed E-state index contributed by atoms with van der Waals surface area (Å²) in [6, 6.07) is 0. The molecular formula is C20H32O6. The van der Waals surface area contributed by atoms with Crippen LogP contribution < -0.4 is 0 Å². The Kier molecular flexibility index (Phi) is 13.5. The molecule has 0 bridgehead atoms. The van der Waals surface area contributed by atoms with E-state index in [4.69, 9.17) is 5.11 Å². The fraction of sp³-hybridized carbons (Fsp3) is 0.550. The largest absolute Gasteiger partial charge is 0.481 e. The van der Waals surface area contributed by atoms with E-state index >= 15 is 0 Å². The van der Waals surface area contributed by atoms with Crippen LogP contribution in [0, 0.1) is 0 Å². The van der Waals surface area contributed by atoms with Crippen molar-refractivity contribution >= 4 is 5.97 Å². The Balaban J connectivity index is 4.13. The fourth-order valence-electron chi connectivity index (χ4n) is 2.13. The van der Waals surface area contributed by atoms with E-state index < -0.39 is 24.0 Å². The first kappa shape index (κ1) is 24.3. The highest BCUT2D eigenvalue weighted by Crippen LogP contribution is 2.12. The third kappa shape index (κ3) is 14.6. The van der Waals surface area contributed by atoms with Crippen LogP contribution in [0.2, 0.25) is 0 Å². The number of unbranched alkanes of at least 4 members (excludes halogenated alkanes) is 2. The summed E-state index contributed by atoms with van der Waals surface area (Å²) >= 11 is 0. The van der Waals surface area contributed by atoms with Crippen molar-refractivity contribution in [2.75, 3.05) is 0 Å². The Bertz CT molecular complexity index is 491. The molecule has 0 saturated heterocycles. The third-order valence-electron chi connectivity index (χ3n) is 3.66. The summed E-state index contributed by atoms with van der Waals surface area (Å²) in [5, 5.41) is 47.3. The van der Waals surface area contributed by atoms with Crippen LogP contribution in [0.5, 0.6) is 0 Å². The second kappa shape index (κ2) is 14.4. The van der Waals surface area contributed by atoms with E-state index in [9.17, 15) is 25.2 Å². The van der Waals surface area contributed by atoms with Gasteiger partial charge in [-0.3, -0.25) is 4.79 Å². The van der Waals surface area contributed by atoms with Crippen molar-refractivity contribution in [2.45, 2.75) is 69.9 Å². The summed E-state index contributed by atoms with van der Waals surface area (Å²) < 4.78 is 0. The van der Waals surface area contributed by atoms with Gasteiger partial charge in [-0.2, -0.15) is 0 Å². The number of hydrogen-bond donors (Lipinski definition) is 5. The van der Waals surface area contributed by atoms with Gasteiger partial charge in [0.2, 0.25) is 0 Å². The highest BCUT2D eigenvalue weighted by Gasteiger charge is 2.18. The topological polar surface area (TPSA) is 118 Å². The summed E-state index contributed by atoms with van der Waals surface area (Å²) in [6.07, 6.45) is 14.4. The number of aliphatic hydroxyl groups excluding tert-OH is 2. The minimum absolute atomic E-state index is 0.0549. The lowest BCUT2D eigenvalue weighted by molar-refractivity contribution is -0.139. The van der Waals surface area contributed by atoms with Crippen LogP contribution in [0.15, 0.2) is 48.6 Å². The normalized spacial score (nSPS) is 15.6. The molecule has 0 aliphatic heterocycles. The molecule has 0 aromatic carbocycles. The molecule has 2 atom stereocenters. The van der Waals surface area contributed by atoms with Crippen LogP contribution in [0.4, 0.5) is 0 Å². The lowest BCUT2D eigenvalue weighted by Gasteiger charge is -2.16. The van der Waals surface area contributed by atoms with Crippen molar-refractivity contribution in [3.63, 3.8) is 0 Å². The van der Waals surface area contributed by atoms with Gasteiger partial charge in [-0.05, 0) is 18.9 Å². The highest BCUT2D eigenvalue weighted by molar-refractivity contribution is 5.66. The number of carboxylic acid groups (broad SMARTS) is 1. The molecule has 26 heavy (non-hydrogen) atoms. The molecule has 0 aromatic rings. The van der Waals surface area contributed by atoms with Gasteiger partial charge in [0.25, 0.3) is 0 Å². The van der Waals surface area contributed by atoms with E-state index in [0.29, 0.717) is 6.42 Å². The maximum atomic E-state index is 10.4. The molecular weight excluding hydrogens is 336 g/mol. The zero-order chi connectivity index (χ0) is 19.8. The predicted molar refractivity (Wildman–Crippen MR) is 101 cm³/mol. The van der Waals surface area contributed by atoms with Crippen molar-refractivity contribution in [3.8, 4) is 0 Å². The lowest BCUT2D eigenvalue weighted by Crippen LogP contribution is -2.24. The Hall–Kier alpha value is -1.73. The Morgan fingerprint density at radius 1 is 0.962 bits per heavy atom.